The molecule has 32 heavy (non-hydrogen) atoms. The average molecular weight is 444 g/mol. The van der Waals surface area contributed by atoms with Gasteiger partial charge in [0.25, 0.3) is 0 Å². The van der Waals surface area contributed by atoms with Crippen LogP contribution < -0.4 is 4.74 Å². The molecular weight excluding hydrogens is 420 g/mol. The fourth-order valence-corrected chi connectivity index (χ4v) is 3.04. The highest BCUT2D eigenvalue weighted by Gasteiger charge is 2.44. The summed E-state index contributed by atoms with van der Waals surface area (Å²) in [6.07, 6.45) is -3.30. The van der Waals surface area contributed by atoms with Crippen LogP contribution in [0.4, 0.5) is 0 Å². The molecule has 1 heterocycles. The maximum absolute atomic E-state index is 10.2. The molecule has 9 heteroatoms. The average Bonchev–Trinajstić information content (AvgIpc) is 2.77. The lowest BCUT2D eigenvalue weighted by molar-refractivity contribution is -0.277. The van der Waals surface area contributed by atoms with Crippen LogP contribution in [0.1, 0.15) is 17.5 Å². The highest BCUT2D eigenvalue weighted by molar-refractivity contribution is 5.55. The Balaban J connectivity index is 1.61. The van der Waals surface area contributed by atoms with Crippen molar-refractivity contribution in [3.05, 3.63) is 53.6 Å². The minimum atomic E-state index is -1.59. The lowest BCUT2D eigenvalue weighted by atomic mass is 9.99. The molecule has 1 fully saturated rings. The van der Waals surface area contributed by atoms with Gasteiger partial charge in [0.1, 0.15) is 24.4 Å². The van der Waals surface area contributed by atoms with E-state index in [1.165, 1.54) is 24.3 Å². The summed E-state index contributed by atoms with van der Waals surface area (Å²) in [5.74, 6) is 5.06. The number of rotatable bonds is 5. The first kappa shape index (κ1) is 23.4. The van der Waals surface area contributed by atoms with E-state index >= 15 is 0 Å². The third-order valence-electron chi connectivity index (χ3n) is 4.81. The van der Waals surface area contributed by atoms with Gasteiger partial charge in [0, 0.05) is 12.0 Å². The maximum atomic E-state index is 10.2. The van der Waals surface area contributed by atoms with E-state index in [0.29, 0.717) is 17.5 Å². The van der Waals surface area contributed by atoms with E-state index < -0.39 is 37.3 Å². The van der Waals surface area contributed by atoms with Gasteiger partial charge in [0.05, 0.1) is 6.61 Å². The van der Waals surface area contributed by atoms with Crippen LogP contribution >= 0.6 is 0 Å². The second-order valence-corrected chi connectivity index (χ2v) is 7.15. The van der Waals surface area contributed by atoms with Crippen LogP contribution in [0.5, 0.6) is 23.0 Å². The van der Waals surface area contributed by atoms with Gasteiger partial charge in [-0.1, -0.05) is 30.1 Å². The zero-order valence-corrected chi connectivity index (χ0v) is 16.9. The van der Waals surface area contributed by atoms with E-state index in [0.717, 1.165) is 0 Å². The third kappa shape index (κ3) is 5.50. The van der Waals surface area contributed by atoms with Gasteiger partial charge in [0.15, 0.2) is 23.0 Å². The first-order valence-corrected chi connectivity index (χ1v) is 9.77. The van der Waals surface area contributed by atoms with Crippen LogP contribution in [0.25, 0.3) is 6.08 Å². The molecule has 3 rings (SSSR count). The SMILES string of the molecule is OCC1OC(Oc2ccc(C#CCC=Cc3ccc(O)c(O)c3)cc2O)C(O)C(O)C1O. The molecule has 1 aliphatic rings. The quantitative estimate of drug-likeness (QED) is 0.256. The van der Waals surface area contributed by atoms with Crippen LogP contribution in [0, 0.1) is 11.8 Å². The van der Waals surface area contributed by atoms with E-state index in [1.807, 2.05) is 0 Å². The predicted octanol–water partition coefficient (Wildman–Crippen LogP) is 0.437. The molecule has 0 saturated carbocycles. The Hall–Kier alpha value is -3.26. The van der Waals surface area contributed by atoms with Crippen molar-refractivity contribution in [3.8, 4) is 34.8 Å². The summed E-state index contributed by atoms with van der Waals surface area (Å²) in [6, 6.07) is 8.80. The van der Waals surface area contributed by atoms with Crippen molar-refractivity contribution in [2.45, 2.75) is 37.1 Å². The molecule has 0 radical (unpaired) electrons. The zero-order chi connectivity index (χ0) is 23.3. The van der Waals surface area contributed by atoms with Crippen molar-refractivity contribution in [1.82, 2.24) is 0 Å². The summed E-state index contributed by atoms with van der Waals surface area (Å²) in [5, 5.41) is 67.8. The summed E-state index contributed by atoms with van der Waals surface area (Å²) < 4.78 is 10.7. The van der Waals surface area contributed by atoms with Crippen molar-refractivity contribution >= 4 is 6.08 Å². The van der Waals surface area contributed by atoms with Crippen molar-refractivity contribution in [1.29, 1.82) is 0 Å². The molecule has 9 nitrogen and oxygen atoms in total. The van der Waals surface area contributed by atoms with E-state index in [1.54, 1.807) is 24.3 Å². The molecule has 0 aromatic heterocycles. The Kier molecular flexibility index (Phi) is 7.58. The monoisotopic (exact) mass is 444 g/mol. The fourth-order valence-electron chi connectivity index (χ4n) is 3.04. The first-order valence-electron chi connectivity index (χ1n) is 9.77. The Bertz CT molecular complexity index is 1020. The molecular formula is C23H24O9. The van der Waals surface area contributed by atoms with E-state index in [9.17, 15) is 35.7 Å². The molecule has 5 unspecified atom stereocenters. The molecule has 0 bridgehead atoms. The number of allylic oxidation sites excluding steroid dienone is 1. The number of aliphatic hydroxyl groups is 4. The fraction of sp³-hybridized carbons (Fsp3) is 0.304. The summed E-state index contributed by atoms with van der Waals surface area (Å²) >= 11 is 0. The highest BCUT2D eigenvalue weighted by atomic mass is 16.7. The number of ether oxygens (including phenoxy) is 2. The Morgan fingerprint density at radius 3 is 2.38 bits per heavy atom. The summed E-state index contributed by atoms with van der Waals surface area (Å²) in [7, 11) is 0. The van der Waals surface area contributed by atoms with Crippen molar-refractivity contribution in [2.75, 3.05) is 6.61 Å². The molecule has 0 spiro atoms. The predicted molar refractivity (Wildman–Crippen MR) is 113 cm³/mol. The molecule has 0 amide bonds. The number of aromatic hydroxyl groups is 3. The first-order chi connectivity index (χ1) is 15.3. The van der Waals surface area contributed by atoms with Crippen molar-refractivity contribution in [2.24, 2.45) is 0 Å². The Labute approximate surface area is 184 Å². The minimum absolute atomic E-state index is 0.0353. The zero-order valence-electron chi connectivity index (χ0n) is 16.9. The Morgan fingerprint density at radius 1 is 0.906 bits per heavy atom. The van der Waals surface area contributed by atoms with E-state index in [-0.39, 0.29) is 23.0 Å². The minimum Gasteiger partial charge on any atom is -0.504 e. The van der Waals surface area contributed by atoms with Gasteiger partial charge in [-0.3, -0.25) is 0 Å². The van der Waals surface area contributed by atoms with E-state index in [4.69, 9.17) is 9.47 Å². The van der Waals surface area contributed by atoms with Gasteiger partial charge in [-0.05, 0) is 35.9 Å². The molecule has 1 saturated heterocycles. The number of phenolic OH excluding ortho intramolecular Hbond substituents is 3. The lowest BCUT2D eigenvalue weighted by Gasteiger charge is -2.39. The largest absolute Gasteiger partial charge is 0.504 e. The Morgan fingerprint density at radius 2 is 1.69 bits per heavy atom. The molecule has 1 aliphatic heterocycles. The number of aliphatic hydroxyl groups excluding tert-OH is 4. The second kappa shape index (κ2) is 10.4. The summed E-state index contributed by atoms with van der Waals surface area (Å²) in [4.78, 5) is 0. The van der Waals surface area contributed by atoms with Crippen LogP contribution in [-0.4, -0.2) is 73.1 Å². The third-order valence-corrected chi connectivity index (χ3v) is 4.81. The summed E-state index contributed by atoms with van der Waals surface area (Å²) in [5.41, 5.74) is 1.20. The van der Waals surface area contributed by atoms with Crippen LogP contribution in [0.3, 0.4) is 0 Å². The van der Waals surface area contributed by atoms with Crippen LogP contribution in [-0.2, 0) is 4.74 Å². The molecule has 5 atom stereocenters. The molecule has 7 N–H and O–H groups in total. The van der Waals surface area contributed by atoms with Gasteiger partial charge in [-0.25, -0.2) is 0 Å². The topological polar surface area (TPSA) is 160 Å². The normalized spacial score (nSPS) is 25.3. The molecule has 2 aromatic carbocycles. The standard InChI is InChI=1S/C23H24O9/c24-12-19-20(28)21(29)22(30)23(32-19)31-18-9-7-14(11-17(18)27)5-3-1-2-4-13-6-8-15(25)16(26)10-13/h2,4,6-11,19-30H,1,12H2. The van der Waals surface area contributed by atoms with Gasteiger partial charge in [-0.15, -0.1) is 0 Å². The van der Waals surface area contributed by atoms with Gasteiger partial charge in [-0.2, -0.15) is 0 Å². The highest BCUT2D eigenvalue weighted by Crippen LogP contribution is 2.31. The molecule has 2 aromatic rings. The number of hydrogen-bond donors (Lipinski definition) is 7. The maximum Gasteiger partial charge on any atom is 0.229 e. The van der Waals surface area contributed by atoms with Crippen LogP contribution in [0.2, 0.25) is 0 Å². The van der Waals surface area contributed by atoms with Crippen LogP contribution in [0.15, 0.2) is 42.5 Å². The summed E-state index contributed by atoms with van der Waals surface area (Å²) in [6.45, 7) is -0.590. The van der Waals surface area contributed by atoms with Gasteiger partial charge < -0.3 is 45.2 Å². The van der Waals surface area contributed by atoms with Crippen molar-refractivity contribution < 1.29 is 45.2 Å². The lowest BCUT2D eigenvalue weighted by Crippen LogP contribution is -2.60. The smallest absolute Gasteiger partial charge is 0.229 e. The van der Waals surface area contributed by atoms with Crippen molar-refractivity contribution in [3.63, 3.8) is 0 Å². The number of hydrogen-bond acceptors (Lipinski definition) is 9. The van der Waals surface area contributed by atoms with E-state index in [2.05, 4.69) is 11.8 Å². The number of phenols is 3. The van der Waals surface area contributed by atoms with Gasteiger partial charge in [0.2, 0.25) is 6.29 Å². The molecule has 0 aliphatic carbocycles. The second-order valence-electron chi connectivity index (χ2n) is 7.15. The number of benzene rings is 2. The van der Waals surface area contributed by atoms with Gasteiger partial charge >= 0.3 is 0 Å². The molecule has 170 valence electrons.